The lowest BCUT2D eigenvalue weighted by molar-refractivity contribution is -0.111. The summed E-state index contributed by atoms with van der Waals surface area (Å²) in [5.41, 5.74) is 0.284. The van der Waals surface area contributed by atoms with Crippen molar-refractivity contribution in [2.45, 2.75) is 4.90 Å². The van der Waals surface area contributed by atoms with Crippen LogP contribution in [0.25, 0.3) is 0 Å². The van der Waals surface area contributed by atoms with E-state index < -0.39 is 27.5 Å². The maximum absolute atomic E-state index is 13.0. The van der Waals surface area contributed by atoms with E-state index in [-0.39, 0.29) is 38.3 Å². The van der Waals surface area contributed by atoms with Crippen molar-refractivity contribution in [1.29, 1.82) is 0 Å². The Morgan fingerprint density at radius 3 is 2.30 bits per heavy atom. The van der Waals surface area contributed by atoms with Gasteiger partial charge in [0, 0.05) is 41.0 Å². The van der Waals surface area contributed by atoms with Gasteiger partial charge in [0.25, 0.3) is 17.7 Å². The second-order valence-electron chi connectivity index (χ2n) is 7.44. The van der Waals surface area contributed by atoms with Crippen molar-refractivity contribution in [3.05, 3.63) is 75.9 Å². The number of benzene rings is 2. The molecule has 0 radical (unpaired) electrons. The Balaban J connectivity index is 1.90. The van der Waals surface area contributed by atoms with Crippen molar-refractivity contribution < 1.29 is 23.3 Å². The van der Waals surface area contributed by atoms with E-state index in [4.69, 9.17) is 27.9 Å². The molecule has 0 bridgehead atoms. The fourth-order valence-electron chi connectivity index (χ4n) is 3.09. The summed E-state index contributed by atoms with van der Waals surface area (Å²) in [6.07, 6.45) is 3.64. The normalized spacial score (nSPS) is 12.5. The number of methoxy groups -OCH3 is 1. The Bertz CT molecular complexity index is 1500. The first-order chi connectivity index (χ1) is 17.5. The number of halogens is 2. The number of aliphatic imine (C=N–C) groups is 1. The zero-order valence-electron chi connectivity index (χ0n) is 19.8. The molecule has 1 aromatic heterocycles. The summed E-state index contributed by atoms with van der Waals surface area (Å²) in [5.74, 6) is -1.53. The Morgan fingerprint density at radius 1 is 1.00 bits per heavy atom. The van der Waals surface area contributed by atoms with Gasteiger partial charge < -0.3 is 15.4 Å². The molecule has 192 valence electrons. The third-order valence-corrected chi connectivity index (χ3v) is 6.91. The van der Waals surface area contributed by atoms with Crippen LogP contribution in [0.5, 0.6) is 5.75 Å². The Labute approximate surface area is 223 Å². The number of nitrogens with zero attached hydrogens (tertiary/aromatic N) is 3. The van der Waals surface area contributed by atoms with Crippen molar-refractivity contribution in [2.24, 2.45) is 9.36 Å². The molecule has 3 amide bonds. The minimum absolute atomic E-state index is 0.0255. The van der Waals surface area contributed by atoms with Crippen molar-refractivity contribution in [3.8, 4) is 5.75 Å². The van der Waals surface area contributed by atoms with Gasteiger partial charge in [0.05, 0.1) is 39.3 Å². The number of carbonyl (C=O) groups is 3. The summed E-state index contributed by atoms with van der Waals surface area (Å²) in [7, 11) is -0.282. The lowest BCUT2D eigenvalue weighted by atomic mass is 10.1. The molecule has 0 fully saturated rings. The predicted molar refractivity (Wildman–Crippen MR) is 144 cm³/mol. The number of ether oxygens (including phenoxy) is 1. The van der Waals surface area contributed by atoms with Gasteiger partial charge in [-0.25, -0.2) is 9.19 Å². The molecular formula is C24H21Cl2N5O5S. The second-order valence-corrected chi connectivity index (χ2v) is 10.6. The summed E-state index contributed by atoms with van der Waals surface area (Å²) < 4.78 is 21.8. The zero-order chi connectivity index (χ0) is 27.2. The fourth-order valence-corrected chi connectivity index (χ4v) is 4.54. The van der Waals surface area contributed by atoms with E-state index in [9.17, 15) is 18.6 Å². The number of carbonyl (C=O) groups excluding carboxylic acids is 3. The number of amides is 3. The van der Waals surface area contributed by atoms with Crippen LogP contribution >= 0.6 is 23.2 Å². The van der Waals surface area contributed by atoms with Gasteiger partial charge in [-0.15, -0.1) is 0 Å². The van der Waals surface area contributed by atoms with Crippen LogP contribution in [0.3, 0.4) is 0 Å². The number of pyridine rings is 1. The fraction of sp³-hybridized carbons (Fsp3) is 0.125. The molecule has 13 heteroatoms. The number of rotatable bonds is 7. The molecular weight excluding hydrogens is 541 g/mol. The topological polar surface area (TPSA) is 139 Å². The maximum atomic E-state index is 13.0. The summed E-state index contributed by atoms with van der Waals surface area (Å²) in [5, 5.41) is 5.88. The standard InChI is InChI=1S/C24H21Cl2N5O5S/c1-27-13-21(32)31-37(3,35)17-7-4-14(5-8-17)23(33)30-22-18(10-16(26)11-19(22)36-2)24(34)29-20-9-6-15(25)12-28-20/h4-13H,1-3H3,(H,30,33)(H,28,29,34). The van der Waals surface area contributed by atoms with Crippen LogP contribution in [0.4, 0.5) is 11.5 Å². The maximum Gasteiger partial charge on any atom is 0.296 e. The molecule has 0 spiro atoms. The number of nitrogens with one attached hydrogen (secondary N) is 2. The van der Waals surface area contributed by atoms with Gasteiger partial charge in [-0.2, -0.15) is 4.36 Å². The smallest absolute Gasteiger partial charge is 0.296 e. The lowest BCUT2D eigenvalue weighted by Gasteiger charge is -2.16. The van der Waals surface area contributed by atoms with E-state index in [2.05, 4.69) is 25.0 Å². The summed E-state index contributed by atoms with van der Waals surface area (Å²) in [6, 6.07) is 11.6. The van der Waals surface area contributed by atoms with Crippen molar-refractivity contribution in [3.63, 3.8) is 0 Å². The first-order valence-electron chi connectivity index (χ1n) is 10.4. The van der Waals surface area contributed by atoms with Crippen molar-refractivity contribution in [2.75, 3.05) is 31.0 Å². The van der Waals surface area contributed by atoms with Crippen LogP contribution in [0.1, 0.15) is 20.7 Å². The van der Waals surface area contributed by atoms with E-state index in [1.165, 1.54) is 69.1 Å². The highest BCUT2D eigenvalue weighted by Gasteiger charge is 2.21. The number of aromatic nitrogens is 1. The van der Waals surface area contributed by atoms with Gasteiger partial charge in [-0.05, 0) is 42.5 Å². The average Bonchev–Trinajstić information content (AvgIpc) is 2.86. The first kappa shape index (κ1) is 27.8. The van der Waals surface area contributed by atoms with Crippen LogP contribution in [0.2, 0.25) is 10.0 Å². The monoisotopic (exact) mass is 561 g/mol. The summed E-state index contributed by atoms with van der Waals surface area (Å²) >= 11 is 12.0. The van der Waals surface area contributed by atoms with Gasteiger partial charge >= 0.3 is 0 Å². The van der Waals surface area contributed by atoms with Crippen LogP contribution in [0.15, 0.2) is 69.0 Å². The highest BCUT2D eigenvalue weighted by Crippen LogP contribution is 2.33. The van der Waals surface area contributed by atoms with Crippen LogP contribution in [-0.4, -0.2) is 53.5 Å². The quantitative estimate of drug-likeness (QED) is 0.404. The van der Waals surface area contributed by atoms with E-state index in [1.54, 1.807) is 6.07 Å². The predicted octanol–water partition coefficient (Wildman–Crippen LogP) is 4.59. The molecule has 1 unspecified atom stereocenters. The molecule has 2 N–H and O–H groups in total. The molecule has 0 saturated carbocycles. The molecule has 1 atom stereocenters. The molecule has 3 rings (SSSR count). The third kappa shape index (κ3) is 7.13. The van der Waals surface area contributed by atoms with Crippen molar-refractivity contribution in [1.82, 2.24) is 4.98 Å². The Morgan fingerprint density at radius 2 is 1.70 bits per heavy atom. The van der Waals surface area contributed by atoms with E-state index in [0.717, 1.165) is 6.21 Å². The molecule has 37 heavy (non-hydrogen) atoms. The minimum Gasteiger partial charge on any atom is -0.494 e. The average molecular weight is 562 g/mol. The van der Waals surface area contributed by atoms with Gasteiger partial charge in [-0.3, -0.25) is 19.4 Å². The first-order valence-corrected chi connectivity index (χ1v) is 13.1. The Kier molecular flexibility index (Phi) is 8.98. The molecule has 0 saturated heterocycles. The molecule has 3 aromatic rings. The largest absolute Gasteiger partial charge is 0.494 e. The van der Waals surface area contributed by atoms with Gasteiger partial charge in [0.15, 0.2) is 0 Å². The highest BCUT2D eigenvalue weighted by molar-refractivity contribution is 7.93. The van der Waals surface area contributed by atoms with Gasteiger partial charge in [0.2, 0.25) is 0 Å². The molecule has 10 nitrogen and oxygen atoms in total. The minimum atomic E-state index is -3.05. The SMILES string of the molecule is CN=CC(=O)N=S(C)(=O)c1ccc(C(=O)Nc2c(OC)cc(Cl)cc2C(=O)Nc2ccc(Cl)cn2)cc1. The number of anilines is 2. The zero-order valence-corrected chi connectivity index (χ0v) is 22.1. The van der Waals surface area contributed by atoms with E-state index in [0.29, 0.717) is 5.02 Å². The van der Waals surface area contributed by atoms with Crippen molar-refractivity contribution >= 4 is 68.4 Å². The van der Waals surface area contributed by atoms with Crippen LogP contribution < -0.4 is 15.4 Å². The molecule has 0 aliphatic heterocycles. The number of hydrogen-bond acceptors (Lipinski definition) is 7. The highest BCUT2D eigenvalue weighted by atomic mass is 35.5. The van der Waals surface area contributed by atoms with Crippen LogP contribution in [0, 0.1) is 0 Å². The van der Waals surface area contributed by atoms with Gasteiger partial charge in [-0.1, -0.05) is 23.2 Å². The summed E-state index contributed by atoms with van der Waals surface area (Å²) in [6.45, 7) is 0. The molecule has 1 heterocycles. The lowest BCUT2D eigenvalue weighted by Crippen LogP contribution is -2.19. The molecule has 0 aliphatic carbocycles. The molecule has 2 aromatic carbocycles. The molecule has 0 aliphatic rings. The van der Waals surface area contributed by atoms with E-state index >= 15 is 0 Å². The third-order valence-electron chi connectivity index (χ3n) is 4.80. The van der Waals surface area contributed by atoms with Crippen LogP contribution in [-0.2, 0) is 14.5 Å². The number of hydrogen-bond donors (Lipinski definition) is 2. The summed E-state index contributed by atoms with van der Waals surface area (Å²) in [4.78, 5) is 45.6. The van der Waals surface area contributed by atoms with Gasteiger partial charge in [0.1, 0.15) is 11.6 Å². The van der Waals surface area contributed by atoms with E-state index in [1.807, 2.05) is 0 Å². The Hall–Kier alpha value is -3.80. The second kappa shape index (κ2) is 12.0.